The van der Waals surface area contributed by atoms with Gasteiger partial charge in [0.25, 0.3) is 0 Å². The zero-order valence-corrected chi connectivity index (χ0v) is 8.68. The van der Waals surface area contributed by atoms with Gasteiger partial charge in [0.05, 0.1) is 21.1 Å². The predicted molar refractivity (Wildman–Crippen MR) is 55.5 cm³/mol. The number of nitrogens with zero attached hydrogens (tertiary/aromatic N) is 1. The lowest BCUT2D eigenvalue weighted by Crippen LogP contribution is -2.36. The molecule has 0 bridgehead atoms. The van der Waals surface area contributed by atoms with Crippen LogP contribution < -0.4 is 4.48 Å². The van der Waals surface area contributed by atoms with Gasteiger partial charge >= 0.3 is 0 Å². The van der Waals surface area contributed by atoms with Crippen LogP contribution in [0.15, 0.2) is 18.2 Å². The van der Waals surface area contributed by atoms with Gasteiger partial charge in [-0.2, -0.15) is 0 Å². The Labute approximate surface area is 75.2 Å². The molecule has 1 aromatic rings. The maximum atomic E-state index is 2.20. The zero-order valence-electron chi connectivity index (χ0n) is 8.68. The first-order valence-corrected chi connectivity index (χ1v) is 4.31. The average molecular weight is 164 g/mol. The number of hydrogen-bond donors (Lipinski definition) is 0. The van der Waals surface area contributed by atoms with Gasteiger partial charge in [-0.05, 0) is 13.8 Å². The molecular formula is C11H18N+. The molecule has 1 rings (SSSR count). The van der Waals surface area contributed by atoms with Gasteiger partial charge in [0.1, 0.15) is 5.69 Å². The summed E-state index contributed by atoms with van der Waals surface area (Å²) in [5.74, 6) is 0. The molecule has 0 atom stereocenters. The lowest BCUT2D eigenvalue weighted by Gasteiger charge is -2.26. The van der Waals surface area contributed by atoms with Gasteiger partial charge in [-0.25, -0.2) is 0 Å². The zero-order chi connectivity index (χ0) is 9.35. The largest absolute Gasteiger partial charge is 0.298 e. The molecule has 1 heteroatoms. The van der Waals surface area contributed by atoms with Crippen LogP contribution in [-0.2, 0) is 0 Å². The van der Waals surface area contributed by atoms with Gasteiger partial charge < -0.3 is 0 Å². The maximum absolute atomic E-state index is 2.20. The van der Waals surface area contributed by atoms with E-state index in [9.17, 15) is 0 Å². The number of benzene rings is 1. The van der Waals surface area contributed by atoms with Gasteiger partial charge in [0.15, 0.2) is 0 Å². The molecule has 0 aromatic heterocycles. The molecule has 1 nitrogen and oxygen atoms in total. The summed E-state index contributed by atoms with van der Waals surface area (Å²) in [4.78, 5) is 0. The summed E-state index contributed by atoms with van der Waals surface area (Å²) in [6.45, 7) is 4.34. The Balaban J connectivity index is 3.31. The Morgan fingerprint density at radius 1 is 0.917 bits per heavy atom. The highest BCUT2D eigenvalue weighted by molar-refractivity contribution is 5.54. The minimum atomic E-state index is 0.901. The first-order chi connectivity index (χ1) is 5.43. The fourth-order valence-corrected chi connectivity index (χ4v) is 1.86. The van der Waals surface area contributed by atoms with E-state index < -0.39 is 0 Å². The number of aryl methyl sites for hydroxylation is 2. The highest BCUT2D eigenvalue weighted by Gasteiger charge is 2.17. The summed E-state index contributed by atoms with van der Waals surface area (Å²) >= 11 is 0. The van der Waals surface area contributed by atoms with Crippen LogP contribution in [0.1, 0.15) is 11.1 Å². The number of hydrogen-bond acceptors (Lipinski definition) is 0. The van der Waals surface area contributed by atoms with Crippen molar-refractivity contribution in [3.63, 3.8) is 0 Å². The summed E-state index contributed by atoms with van der Waals surface area (Å²) in [5.41, 5.74) is 4.18. The molecule has 1 aromatic carbocycles. The van der Waals surface area contributed by atoms with Crippen molar-refractivity contribution in [2.75, 3.05) is 21.1 Å². The van der Waals surface area contributed by atoms with E-state index in [0.717, 1.165) is 4.48 Å². The van der Waals surface area contributed by atoms with Gasteiger partial charge in [-0.3, -0.25) is 4.48 Å². The molecule has 12 heavy (non-hydrogen) atoms. The fraction of sp³-hybridized carbons (Fsp3) is 0.455. The molecule has 0 aliphatic carbocycles. The van der Waals surface area contributed by atoms with Crippen molar-refractivity contribution in [2.45, 2.75) is 13.8 Å². The normalized spacial score (nSPS) is 11.8. The summed E-state index contributed by atoms with van der Waals surface area (Å²) in [7, 11) is 6.61. The van der Waals surface area contributed by atoms with Crippen molar-refractivity contribution >= 4 is 5.69 Å². The molecule has 0 fully saturated rings. The van der Waals surface area contributed by atoms with E-state index in [1.54, 1.807) is 0 Å². The maximum Gasteiger partial charge on any atom is 0.138 e. The molecule has 0 heterocycles. The fourth-order valence-electron chi connectivity index (χ4n) is 1.86. The van der Waals surface area contributed by atoms with Crippen LogP contribution in [-0.4, -0.2) is 21.1 Å². The highest BCUT2D eigenvalue weighted by Crippen LogP contribution is 2.25. The van der Waals surface area contributed by atoms with Crippen molar-refractivity contribution in [1.82, 2.24) is 4.48 Å². The van der Waals surface area contributed by atoms with Crippen LogP contribution in [0.25, 0.3) is 0 Å². The molecule has 0 aliphatic heterocycles. The Kier molecular flexibility index (Phi) is 2.25. The van der Waals surface area contributed by atoms with Crippen molar-refractivity contribution in [3.05, 3.63) is 29.3 Å². The van der Waals surface area contributed by atoms with Gasteiger partial charge in [0, 0.05) is 11.1 Å². The molecule has 0 saturated carbocycles. The van der Waals surface area contributed by atoms with Crippen molar-refractivity contribution in [2.24, 2.45) is 0 Å². The van der Waals surface area contributed by atoms with Crippen LogP contribution in [0.5, 0.6) is 0 Å². The van der Waals surface area contributed by atoms with Gasteiger partial charge in [0.2, 0.25) is 0 Å². The van der Waals surface area contributed by atoms with Crippen molar-refractivity contribution < 1.29 is 0 Å². The highest BCUT2D eigenvalue weighted by atomic mass is 15.3. The second-order valence-corrected chi connectivity index (χ2v) is 4.25. The predicted octanol–water partition coefficient (Wildman–Crippen LogP) is 2.50. The summed E-state index contributed by atoms with van der Waals surface area (Å²) < 4.78 is 0.901. The molecule has 0 saturated heterocycles. The summed E-state index contributed by atoms with van der Waals surface area (Å²) in [6, 6.07) is 6.46. The molecule has 0 N–H and O–H groups in total. The quantitative estimate of drug-likeness (QED) is 0.559. The van der Waals surface area contributed by atoms with Crippen LogP contribution in [0.3, 0.4) is 0 Å². The Bertz CT molecular complexity index is 261. The first kappa shape index (κ1) is 9.27. The van der Waals surface area contributed by atoms with Crippen LogP contribution >= 0.6 is 0 Å². The molecule has 0 amide bonds. The Morgan fingerprint density at radius 3 is 1.58 bits per heavy atom. The third-order valence-corrected chi connectivity index (χ3v) is 2.11. The molecular weight excluding hydrogens is 146 g/mol. The molecule has 0 radical (unpaired) electrons. The third-order valence-electron chi connectivity index (χ3n) is 2.11. The monoisotopic (exact) mass is 164 g/mol. The van der Waals surface area contributed by atoms with E-state index in [1.165, 1.54) is 16.8 Å². The smallest absolute Gasteiger partial charge is 0.138 e. The SMILES string of the molecule is Cc1cccc(C)c1[N+](C)(C)C. The molecule has 66 valence electrons. The van der Waals surface area contributed by atoms with Crippen molar-refractivity contribution in [3.8, 4) is 0 Å². The minimum absolute atomic E-state index is 0.901. The van der Waals surface area contributed by atoms with Crippen LogP contribution in [0.4, 0.5) is 5.69 Å². The van der Waals surface area contributed by atoms with E-state index in [1.807, 2.05) is 0 Å². The standard InChI is InChI=1S/C11H18N/c1-9-7-6-8-10(2)11(9)12(3,4)5/h6-8H,1-5H3/q+1. The average Bonchev–Trinajstić information content (AvgIpc) is 1.82. The minimum Gasteiger partial charge on any atom is -0.298 e. The Morgan fingerprint density at radius 2 is 1.33 bits per heavy atom. The van der Waals surface area contributed by atoms with E-state index in [-0.39, 0.29) is 0 Å². The third kappa shape index (κ3) is 1.67. The number of quaternary nitrogens is 1. The summed E-state index contributed by atoms with van der Waals surface area (Å²) in [6.07, 6.45) is 0. The van der Waals surface area contributed by atoms with E-state index in [0.29, 0.717) is 0 Å². The van der Waals surface area contributed by atoms with E-state index in [4.69, 9.17) is 0 Å². The second-order valence-electron chi connectivity index (χ2n) is 4.25. The van der Waals surface area contributed by atoms with E-state index in [2.05, 4.69) is 53.2 Å². The second kappa shape index (κ2) is 2.91. The Hall–Kier alpha value is -0.820. The molecule has 0 spiro atoms. The van der Waals surface area contributed by atoms with E-state index >= 15 is 0 Å². The number of rotatable bonds is 1. The van der Waals surface area contributed by atoms with Crippen molar-refractivity contribution in [1.29, 1.82) is 0 Å². The van der Waals surface area contributed by atoms with Gasteiger partial charge in [-0.1, -0.05) is 18.2 Å². The molecule has 0 aliphatic rings. The summed E-state index contributed by atoms with van der Waals surface area (Å²) in [5, 5.41) is 0. The lowest BCUT2D eigenvalue weighted by atomic mass is 10.1. The topological polar surface area (TPSA) is 0 Å². The lowest BCUT2D eigenvalue weighted by molar-refractivity contribution is 0.481. The molecule has 0 unspecified atom stereocenters. The van der Waals surface area contributed by atoms with Gasteiger partial charge in [-0.15, -0.1) is 0 Å². The van der Waals surface area contributed by atoms with Crippen LogP contribution in [0.2, 0.25) is 0 Å². The number of para-hydroxylation sites is 1. The van der Waals surface area contributed by atoms with Crippen LogP contribution in [0, 0.1) is 13.8 Å². The first-order valence-electron chi connectivity index (χ1n) is 4.31.